The van der Waals surface area contributed by atoms with Gasteiger partial charge in [0, 0.05) is 25.6 Å². The summed E-state index contributed by atoms with van der Waals surface area (Å²) < 4.78 is 0. The Bertz CT molecular complexity index is 474. The molecule has 1 aliphatic rings. The van der Waals surface area contributed by atoms with Crippen molar-refractivity contribution in [2.45, 2.75) is 6.42 Å². The number of aliphatic hydroxyl groups excluding tert-OH is 1. The first-order chi connectivity index (χ1) is 9.10. The van der Waals surface area contributed by atoms with Gasteiger partial charge in [0.25, 0.3) is 5.91 Å². The van der Waals surface area contributed by atoms with Gasteiger partial charge in [-0.05, 0) is 18.6 Å². The fourth-order valence-corrected chi connectivity index (χ4v) is 2.05. The highest BCUT2D eigenvalue weighted by Gasteiger charge is 2.26. The average molecular weight is 265 g/mol. The van der Waals surface area contributed by atoms with E-state index in [0.29, 0.717) is 18.8 Å². The molecule has 7 heteroatoms. The molecule has 2 rings (SSSR count). The first-order valence-electron chi connectivity index (χ1n) is 5.96. The van der Waals surface area contributed by atoms with Crippen LogP contribution in [-0.4, -0.2) is 51.8 Å². The quantitative estimate of drug-likeness (QED) is 0.743. The van der Waals surface area contributed by atoms with Gasteiger partial charge in [0.1, 0.15) is 5.69 Å². The molecule has 1 atom stereocenters. The Morgan fingerprint density at radius 1 is 1.47 bits per heavy atom. The number of carbonyl (C=O) groups is 2. The molecule has 7 nitrogen and oxygen atoms in total. The molecule has 0 saturated carbocycles. The van der Waals surface area contributed by atoms with Gasteiger partial charge < -0.3 is 15.1 Å². The van der Waals surface area contributed by atoms with Crippen LogP contribution in [0.1, 0.15) is 16.9 Å². The van der Waals surface area contributed by atoms with E-state index < -0.39 is 6.09 Å². The van der Waals surface area contributed by atoms with E-state index in [4.69, 9.17) is 10.2 Å². The highest BCUT2D eigenvalue weighted by molar-refractivity contribution is 5.93. The van der Waals surface area contributed by atoms with E-state index >= 15 is 0 Å². The molecule has 1 fully saturated rings. The van der Waals surface area contributed by atoms with Crippen molar-refractivity contribution < 1.29 is 19.8 Å². The van der Waals surface area contributed by atoms with Crippen molar-refractivity contribution in [2.24, 2.45) is 5.92 Å². The van der Waals surface area contributed by atoms with Gasteiger partial charge in [-0.1, -0.05) is 0 Å². The van der Waals surface area contributed by atoms with Crippen molar-refractivity contribution >= 4 is 17.7 Å². The molecule has 1 aromatic rings. The fraction of sp³-hybridized carbons (Fsp3) is 0.417. The number of nitrogens with zero attached hydrogens (tertiary/aromatic N) is 2. The van der Waals surface area contributed by atoms with Gasteiger partial charge >= 0.3 is 6.09 Å². The van der Waals surface area contributed by atoms with Crippen LogP contribution >= 0.6 is 0 Å². The number of likely N-dealkylation sites (tertiary alicyclic amines) is 1. The first-order valence-corrected chi connectivity index (χ1v) is 5.96. The van der Waals surface area contributed by atoms with Gasteiger partial charge in [0.15, 0.2) is 0 Å². The SMILES string of the molecule is O=C(O)Nc1ccc(C(=O)N2CC[C@@H](CO)C2)nc1. The third-order valence-electron chi connectivity index (χ3n) is 3.07. The lowest BCUT2D eigenvalue weighted by Gasteiger charge is -2.15. The van der Waals surface area contributed by atoms with Crippen LogP contribution in [0.3, 0.4) is 0 Å². The largest absolute Gasteiger partial charge is 0.465 e. The van der Waals surface area contributed by atoms with Crippen LogP contribution in [0.4, 0.5) is 10.5 Å². The van der Waals surface area contributed by atoms with Gasteiger partial charge in [-0.3, -0.25) is 10.1 Å². The lowest BCUT2D eigenvalue weighted by atomic mass is 10.1. The van der Waals surface area contributed by atoms with E-state index in [1.165, 1.54) is 18.3 Å². The van der Waals surface area contributed by atoms with Crippen molar-refractivity contribution in [1.29, 1.82) is 0 Å². The Balaban J connectivity index is 2.02. The summed E-state index contributed by atoms with van der Waals surface area (Å²) in [5.74, 6) is -0.0604. The van der Waals surface area contributed by atoms with Crippen LogP contribution in [0, 0.1) is 5.92 Å². The fourth-order valence-electron chi connectivity index (χ4n) is 2.05. The number of amides is 2. The lowest BCUT2D eigenvalue weighted by Crippen LogP contribution is -2.29. The Labute approximate surface area is 109 Å². The topological polar surface area (TPSA) is 103 Å². The molecule has 1 saturated heterocycles. The number of hydrogen-bond acceptors (Lipinski definition) is 4. The molecule has 1 aliphatic heterocycles. The van der Waals surface area contributed by atoms with Crippen molar-refractivity contribution in [3.8, 4) is 0 Å². The maximum atomic E-state index is 12.1. The van der Waals surface area contributed by atoms with Crippen LogP contribution in [-0.2, 0) is 0 Å². The highest BCUT2D eigenvalue weighted by atomic mass is 16.4. The third-order valence-corrected chi connectivity index (χ3v) is 3.07. The monoisotopic (exact) mass is 265 g/mol. The van der Waals surface area contributed by atoms with E-state index in [1.807, 2.05) is 0 Å². The van der Waals surface area contributed by atoms with Crippen molar-refractivity contribution in [3.63, 3.8) is 0 Å². The van der Waals surface area contributed by atoms with Gasteiger partial charge in [0.2, 0.25) is 0 Å². The van der Waals surface area contributed by atoms with Gasteiger partial charge in [0.05, 0.1) is 11.9 Å². The zero-order chi connectivity index (χ0) is 13.8. The number of nitrogens with one attached hydrogen (secondary N) is 1. The number of aromatic nitrogens is 1. The first kappa shape index (κ1) is 13.3. The molecule has 0 radical (unpaired) electrons. The van der Waals surface area contributed by atoms with Crippen molar-refractivity contribution in [1.82, 2.24) is 9.88 Å². The Kier molecular flexibility index (Phi) is 3.96. The molecule has 0 bridgehead atoms. The minimum absolute atomic E-state index is 0.0820. The summed E-state index contributed by atoms with van der Waals surface area (Å²) in [6, 6.07) is 2.98. The van der Waals surface area contributed by atoms with E-state index in [2.05, 4.69) is 10.3 Å². The second kappa shape index (κ2) is 5.66. The number of carbonyl (C=O) groups excluding carboxylic acids is 1. The van der Waals surface area contributed by atoms with E-state index in [0.717, 1.165) is 6.42 Å². The molecule has 2 amide bonds. The normalized spacial score (nSPS) is 18.4. The van der Waals surface area contributed by atoms with E-state index in [-0.39, 0.29) is 24.1 Å². The summed E-state index contributed by atoms with van der Waals surface area (Å²) in [7, 11) is 0. The summed E-state index contributed by atoms with van der Waals surface area (Å²) >= 11 is 0. The van der Waals surface area contributed by atoms with Crippen molar-refractivity contribution in [3.05, 3.63) is 24.0 Å². The van der Waals surface area contributed by atoms with E-state index in [1.54, 1.807) is 4.90 Å². The van der Waals surface area contributed by atoms with Crippen molar-refractivity contribution in [2.75, 3.05) is 25.0 Å². The minimum atomic E-state index is -1.17. The van der Waals surface area contributed by atoms with Crippen LogP contribution < -0.4 is 5.32 Å². The van der Waals surface area contributed by atoms with Crippen LogP contribution in [0.2, 0.25) is 0 Å². The summed E-state index contributed by atoms with van der Waals surface area (Å²) in [5.41, 5.74) is 0.591. The second-order valence-corrected chi connectivity index (χ2v) is 4.45. The predicted octanol–water partition coefficient (Wildman–Crippen LogP) is 0.626. The molecular formula is C12H15N3O4. The summed E-state index contributed by atoms with van der Waals surface area (Å²) in [4.78, 5) is 28.1. The molecule has 0 aliphatic carbocycles. The van der Waals surface area contributed by atoms with Crippen LogP contribution in [0.25, 0.3) is 0 Å². The smallest absolute Gasteiger partial charge is 0.409 e. The number of rotatable bonds is 3. The Morgan fingerprint density at radius 3 is 2.79 bits per heavy atom. The highest BCUT2D eigenvalue weighted by Crippen LogP contribution is 2.18. The molecule has 0 spiro atoms. The summed E-state index contributed by atoms with van der Waals surface area (Å²) in [5, 5.41) is 19.7. The maximum absolute atomic E-state index is 12.1. The predicted molar refractivity (Wildman–Crippen MR) is 67.0 cm³/mol. The van der Waals surface area contributed by atoms with Gasteiger partial charge in [-0.25, -0.2) is 9.78 Å². The minimum Gasteiger partial charge on any atom is -0.465 e. The Hall–Kier alpha value is -2.15. The van der Waals surface area contributed by atoms with E-state index in [9.17, 15) is 9.59 Å². The third kappa shape index (κ3) is 3.19. The lowest BCUT2D eigenvalue weighted by molar-refractivity contribution is 0.0776. The molecule has 2 heterocycles. The zero-order valence-electron chi connectivity index (χ0n) is 10.2. The molecule has 1 aromatic heterocycles. The zero-order valence-corrected chi connectivity index (χ0v) is 10.2. The number of anilines is 1. The summed E-state index contributed by atoms with van der Waals surface area (Å²) in [6.45, 7) is 1.23. The summed E-state index contributed by atoms with van der Waals surface area (Å²) in [6.07, 6.45) is 0.924. The molecule has 19 heavy (non-hydrogen) atoms. The number of aliphatic hydroxyl groups is 1. The molecule has 3 N–H and O–H groups in total. The number of carboxylic acid groups (broad SMARTS) is 1. The average Bonchev–Trinajstić information content (AvgIpc) is 2.87. The van der Waals surface area contributed by atoms with Crippen LogP contribution in [0.15, 0.2) is 18.3 Å². The van der Waals surface area contributed by atoms with Gasteiger partial charge in [-0.15, -0.1) is 0 Å². The molecule has 102 valence electrons. The van der Waals surface area contributed by atoms with Gasteiger partial charge in [-0.2, -0.15) is 0 Å². The molecule has 0 unspecified atom stereocenters. The number of pyridine rings is 1. The molecular weight excluding hydrogens is 250 g/mol. The second-order valence-electron chi connectivity index (χ2n) is 4.45. The Morgan fingerprint density at radius 2 is 2.26 bits per heavy atom. The van der Waals surface area contributed by atoms with Crippen LogP contribution in [0.5, 0.6) is 0 Å². The molecule has 0 aromatic carbocycles. The maximum Gasteiger partial charge on any atom is 0.409 e. The number of hydrogen-bond donors (Lipinski definition) is 3. The standard InChI is InChI=1S/C12H15N3O4/c16-7-8-3-4-15(6-8)11(17)10-2-1-9(5-13-10)14-12(18)19/h1-2,5,8,14,16H,3-4,6-7H2,(H,18,19)/t8-/m1/s1.